The van der Waals surface area contributed by atoms with Crippen molar-refractivity contribution in [3.05, 3.63) is 11.8 Å². The van der Waals surface area contributed by atoms with E-state index in [2.05, 4.69) is 20.2 Å². The summed E-state index contributed by atoms with van der Waals surface area (Å²) in [6, 6.07) is 2.49. The van der Waals surface area contributed by atoms with Crippen molar-refractivity contribution in [3.8, 4) is 0 Å². The second kappa shape index (κ2) is 4.14. The highest BCUT2D eigenvalue weighted by molar-refractivity contribution is 5.41. The molecule has 0 amide bonds. The molecule has 1 aromatic rings. The van der Waals surface area contributed by atoms with Gasteiger partial charge in [0.05, 0.1) is 0 Å². The summed E-state index contributed by atoms with van der Waals surface area (Å²) in [5.74, 6) is 2.01. The topological polar surface area (TPSA) is 67.1 Å². The molecule has 0 aromatic carbocycles. The molecular formula is C12H19N5. The van der Waals surface area contributed by atoms with E-state index in [0.29, 0.717) is 12.0 Å². The molecule has 5 heteroatoms. The lowest BCUT2D eigenvalue weighted by Crippen LogP contribution is -2.53. The van der Waals surface area contributed by atoms with Gasteiger partial charge in [0.15, 0.2) is 0 Å². The monoisotopic (exact) mass is 233 g/mol. The van der Waals surface area contributed by atoms with Crippen molar-refractivity contribution in [1.29, 1.82) is 0 Å². The number of aryl methyl sites for hydroxylation is 1. The maximum atomic E-state index is 5.67. The summed E-state index contributed by atoms with van der Waals surface area (Å²) in [6.07, 6.45) is 2.61. The van der Waals surface area contributed by atoms with Crippen molar-refractivity contribution in [1.82, 2.24) is 14.9 Å². The zero-order valence-electron chi connectivity index (χ0n) is 10.2. The van der Waals surface area contributed by atoms with Crippen LogP contribution in [0.1, 0.15) is 18.5 Å². The predicted molar refractivity (Wildman–Crippen MR) is 67.8 cm³/mol. The van der Waals surface area contributed by atoms with Crippen LogP contribution in [0.5, 0.6) is 0 Å². The van der Waals surface area contributed by atoms with Crippen LogP contribution in [-0.4, -0.2) is 40.5 Å². The van der Waals surface area contributed by atoms with Gasteiger partial charge in [0.2, 0.25) is 5.95 Å². The van der Waals surface area contributed by atoms with Gasteiger partial charge in [-0.2, -0.15) is 4.98 Å². The molecular weight excluding hydrogens is 214 g/mol. The molecule has 0 spiro atoms. The summed E-state index contributed by atoms with van der Waals surface area (Å²) in [5.41, 5.74) is 6.59. The lowest BCUT2D eigenvalue weighted by Gasteiger charge is -2.45. The van der Waals surface area contributed by atoms with Crippen molar-refractivity contribution in [2.75, 3.05) is 30.7 Å². The summed E-state index contributed by atoms with van der Waals surface area (Å²) < 4.78 is 0. The smallest absolute Gasteiger partial charge is 0.222 e. The quantitative estimate of drug-likeness (QED) is 0.793. The average molecular weight is 233 g/mol. The Morgan fingerprint density at radius 3 is 2.71 bits per heavy atom. The SMILES string of the molecule is Cc1cc(NC2CN3CCC2CC3)nc(N)n1. The van der Waals surface area contributed by atoms with Crippen LogP contribution in [0.25, 0.3) is 0 Å². The van der Waals surface area contributed by atoms with Gasteiger partial charge in [0.25, 0.3) is 0 Å². The zero-order valence-corrected chi connectivity index (χ0v) is 10.2. The fourth-order valence-electron chi connectivity index (χ4n) is 2.98. The number of fused-ring (bicyclic) bond motifs is 3. The normalized spacial score (nSPS) is 31.5. The van der Waals surface area contributed by atoms with Gasteiger partial charge in [-0.15, -0.1) is 0 Å². The minimum absolute atomic E-state index is 0.355. The van der Waals surface area contributed by atoms with Gasteiger partial charge in [-0.1, -0.05) is 0 Å². The molecule has 3 fully saturated rings. The van der Waals surface area contributed by atoms with Crippen molar-refractivity contribution in [2.45, 2.75) is 25.8 Å². The molecule has 3 saturated heterocycles. The maximum absolute atomic E-state index is 5.67. The highest BCUT2D eigenvalue weighted by atomic mass is 15.2. The Labute approximate surface area is 101 Å². The predicted octanol–water partition coefficient (Wildman–Crippen LogP) is 0.873. The molecule has 0 radical (unpaired) electrons. The van der Waals surface area contributed by atoms with Crippen LogP contribution in [0.2, 0.25) is 0 Å². The minimum atomic E-state index is 0.355. The van der Waals surface area contributed by atoms with Crippen LogP contribution in [-0.2, 0) is 0 Å². The Bertz CT molecular complexity index is 391. The standard InChI is InChI=1S/C12H19N5/c1-8-6-11(16-12(13)14-8)15-10-7-17-4-2-9(10)3-5-17/h6,9-10H,2-5,7H2,1H3,(H3,13,14,15,16). The van der Waals surface area contributed by atoms with E-state index in [0.717, 1.165) is 24.0 Å². The lowest BCUT2D eigenvalue weighted by molar-refractivity contribution is 0.0974. The summed E-state index contributed by atoms with van der Waals surface area (Å²) in [6.45, 7) is 5.59. The van der Waals surface area contributed by atoms with E-state index in [9.17, 15) is 0 Å². The van der Waals surface area contributed by atoms with Crippen LogP contribution >= 0.6 is 0 Å². The Kier molecular flexibility index (Phi) is 2.63. The van der Waals surface area contributed by atoms with E-state index in [4.69, 9.17) is 5.73 Å². The zero-order chi connectivity index (χ0) is 11.8. The fraction of sp³-hybridized carbons (Fsp3) is 0.667. The molecule has 17 heavy (non-hydrogen) atoms. The van der Waals surface area contributed by atoms with Gasteiger partial charge < -0.3 is 16.0 Å². The number of anilines is 2. The number of nitrogens with two attached hydrogens (primary N) is 1. The van der Waals surface area contributed by atoms with Crippen molar-refractivity contribution >= 4 is 11.8 Å². The summed E-state index contributed by atoms with van der Waals surface area (Å²) in [5, 5.41) is 3.52. The summed E-state index contributed by atoms with van der Waals surface area (Å²) >= 11 is 0. The molecule has 1 unspecified atom stereocenters. The molecule has 1 aromatic heterocycles. The van der Waals surface area contributed by atoms with Crippen LogP contribution in [0.15, 0.2) is 6.07 Å². The summed E-state index contributed by atoms with van der Waals surface area (Å²) in [4.78, 5) is 10.9. The summed E-state index contributed by atoms with van der Waals surface area (Å²) in [7, 11) is 0. The number of nitrogens with one attached hydrogen (secondary N) is 1. The van der Waals surface area contributed by atoms with E-state index < -0.39 is 0 Å². The lowest BCUT2D eigenvalue weighted by atomic mass is 9.84. The number of hydrogen-bond donors (Lipinski definition) is 2. The number of nitrogens with zero attached hydrogens (tertiary/aromatic N) is 3. The minimum Gasteiger partial charge on any atom is -0.368 e. The van der Waals surface area contributed by atoms with Crippen molar-refractivity contribution in [3.63, 3.8) is 0 Å². The van der Waals surface area contributed by atoms with Crippen LogP contribution in [0, 0.1) is 12.8 Å². The Morgan fingerprint density at radius 2 is 2.12 bits per heavy atom. The molecule has 4 heterocycles. The van der Waals surface area contributed by atoms with E-state index in [1.807, 2.05) is 13.0 Å². The highest BCUT2D eigenvalue weighted by Gasteiger charge is 2.34. The highest BCUT2D eigenvalue weighted by Crippen LogP contribution is 2.29. The maximum Gasteiger partial charge on any atom is 0.222 e. The number of hydrogen-bond acceptors (Lipinski definition) is 5. The molecule has 0 aliphatic carbocycles. The molecule has 0 saturated carbocycles. The van der Waals surface area contributed by atoms with Crippen LogP contribution in [0.4, 0.5) is 11.8 Å². The van der Waals surface area contributed by atoms with E-state index in [1.54, 1.807) is 0 Å². The molecule has 2 bridgehead atoms. The van der Waals surface area contributed by atoms with Crippen LogP contribution < -0.4 is 11.1 Å². The van der Waals surface area contributed by atoms with Gasteiger partial charge >= 0.3 is 0 Å². The molecule has 5 nitrogen and oxygen atoms in total. The number of piperidine rings is 3. The number of rotatable bonds is 2. The Hall–Kier alpha value is -1.36. The molecule has 4 rings (SSSR count). The van der Waals surface area contributed by atoms with Gasteiger partial charge in [0, 0.05) is 24.3 Å². The molecule has 3 aliphatic rings. The fourth-order valence-corrected chi connectivity index (χ4v) is 2.98. The first kappa shape index (κ1) is 10.8. The first-order valence-corrected chi connectivity index (χ1v) is 6.31. The third kappa shape index (κ3) is 2.20. The van der Waals surface area contributed by atoms with E-state index >= 15 is 0 Å². The molecule has 92 valence electrons. The van der Waals surface area contributed by atoms with Crippen LogP contribution in [0.3, 0.4) is 0 Å². The Balaban J connectivity index is 1.74. The van der Waals surface area contributed by atoms with Crippen molar-refractivity contribution < 1.29 is 0 Å². The second-order valence-corrected chi connectivity index (χ2v) is 5.14. The van der Waals surface area contributed by atoms with Gasteiger partial charge in [-0.3, -0.25) is 0 Å². The average Bonchev–Trinajstić information content (AvgIpc) is 2.29. The Morgan fingerprint density at radius 1 is 1.35 bits per heavy atom. The van der Waals surface area contributed by atoms with Gasteiger partial charge in [-0.25, -0.2) is 4.98 Å². The van der Waals surface area contributed by atoms with E-state index in [-0.39, 0.29) is 0 Å². The third-order valence-electron chi connectivity index (χ3n) is 3.86. The van der Waals surface area contributed by atoms with Crippen molar-refractivity contribution in [2.24, 2.45) is 5.92 Å². The van der Waals surface area contributed by atoms with Gasteiger partial charge in [0.1, 0.15) is 5.82 Å². The molecule has 3 aliphatic heterocycles. The van der Waals surface area contributed by atoms with E-state index in [1.165, 1.54) is 25.9 Å². The number of nitrogen functional groups attached to an aromatic ring is 1. The first-order chi connectivity index (χ1) is 8.20. The third-order valence-corrected chi connectivity index (χ3v) is 3.86. The second-order valence-electron chi connectivity index (χ2n) is 5.14. The molecule has 1 atom stereocenters. The number of aromatic nitrogens is 2. The van der Waals surface area contributed by atoms with Gasteiger partial charge in [-0.05, 0) is 38.8 Å². The molecule has 3 N–H and O–H groups in total. The largest absolute Gasteiger partial charge is 0.368 e. The first-order valence-electron chi connectivity index (χ1n) is 6.31.